The third-order valence-corrected chi connectivity index (χ3v) is 3.92. The van der Waals surface area contributed by atoms with Gasteiger partial charge in [-0.15, -0.1) is 5.56 Å². The Morgan fingerprint density at radius 3 is 2.48 bits per heavy atom. The van der Waals surface area contributed by atoms with Gasteiger partial charge in [0.25, 0.3) is 0 Å². The Morgan fingerprint density at radius 1 is 1.20 bits per heavy atom. The Labute approximate surface area is 174 Å². The Kier molecular flexibility index (Phi) is 10.3. The third kappa shape index (κ3) is 5.98. The van der Waals surface area contributed by atoms with E-state index in [2.05, 4.69) is 6.07 Å². The molecule has 0 aliphatic carbocycles. The molecule has 0 radical (unpaired) electrons. The minimum Gasteiger partial charge on any atom is -0.466 e. The molecule has 2 rings (SSSR count). The number of aryl methyl sites for hydroxylation is 4. The number of halogens is 1. The first-order chi connectivity index (χ1) is 10.9. The minimum atomic E-state index is -0.296. The molecule has 2 nitrogen and oxygen atoms in total. The maximum Gasteiger partial charge on any atom is 2.00 e. The van der Waals surface area contributed by atoms with Gasteiger partial charge >= 0.3 is 37.1 Å². The zero-order valence-corrected chi connectivity index (χ0v) is 19.8. The summed E-state index contributed by atoms with van der Waals surface area (Å²) in [5.41, 5.74) is 5.35. The van der Waals surface area contributed by atoms with Gasteiger partial charge in [0, 0.05) is 6.42 Å². The van der Waals surface area contributed by atoms with E-state index in [1.807, 2.05) is 38.1 Å². The second-order valence-corrected chi connectivity index (χ2v) is 5.73. The van der Waals surface area contributed by atoms with Crippen LogP contribution in [0.4, 0.5) is 4.39 Å². The van der Waals surface area contributed by atoms with E-state index in [1.54, 1.807) is 13.8 Å². The van der Waals surface area contributed by atoms with Crippen LogP contribution >= 0.6 is 0 Å². The molecule has 0 fully saturated rings. The van der Waals surface area contributed by atoms with Crippen molar-refractivity contribution in [2.75, 3.05) is 6.61 Å². The van der Waals surface area contributed by atoms with Crippen LogP contribution in [-0.4, -0.2) is 12.6 Å². The summed E-state index contributed by atoms with van der Waals surface area (Å²) in [5, 5.41) is 0. The van der Waals surface area contributed by atoms with Gasteiger partial charge in [-0.1, -0.05) is 31.5 Å². The predicted octanol–water partition coefficient (Wildman–Crippen LogP) is 5.16. The number of benzene rings is 2. The van der Waals surface area contributed by atoms with Gasteiger partial charge in [-0.3, -0.25) is 4.79 Å². The van der Waals surface area contributed by atoms with E-state index in [4.69, 9.17) is 4.74 Å². The second kappa shape index (κ2) is 10.8. The summed E-state index contributed by atoms with van der Waals surface area (Å²) in [6.07, 6.45) is 0.528. The Hall–Kier alpha value is -1.11. The van der Waals surface area contributed by atoms with E-state index in [1.165, 1.54) is 0 Å². The van der Waals surface area contributed by atoms with Crippen molar-refractivity contribution in [3.8, 4) is 11.1 Å². The van der Waals surface area contributed by atoms with Crippen LogP contribution < -0.4 is 0 Å². The molecule has 2 aromatic carbocycles. The molecule has 0 atom stereocenters. The van der Waals surface area contributed by atoms with Crippen LogP contribution in [-0.2, 0) is 16.0 Å². The average Bonchev–Trinajstić information content (AvgIpc) is 2.49. The van der Waals surface area contributed by atoms with E-state index in [-0.39, 0.29) is 56.7 Å². The molecule has 0 aromatic heterocycles. The molecule has 2 aromatic rings. The first-order valence-electron chi connectivity index (χ1n) is 7.87. The summed E-state index contributed by atoms with van der Waals surface area (Å²) in [6.45, 7) is 7.90. The molecule has 0 unspecified atom stereocenters. The smallest absolute Gasteiger partial charge is 0.466 e. The zero-order valence-electron chi connectivity index (χ0n) is 15.6. The van der Waals surface area contributed by atoms with Gasteiger partial charge < -0.3 is 12.2 Å². The fourth-order valence-electron chi connectivity index (χ4n) is 2.83. The van der Waals surface area contributed by atoms with Crippen molar-refractivity contribution in [1.82, 2.24) is 0 Å². The molecule has 25 heavy (non-hydrogen) atoms. The number of hydrogen-bond donors (Lipinski definition) is 0. The number of rotatable bonds is 5. The van der Waals surface area contributed by atoms with E-state index in [0.29, 0.717) is 24.2 Å². The number of esters is 1. The van der Waals surface area contributed by atoms with Crippen molar-refractivity contribution in [2.45, 2.75) is 40.5 Å². The number of ether oxygens (including phenoxy) is 1. The first-order valence-corrected chi connectivity index (χ1v) is 7.87. The van der Waals surface area contributed by atoms with E-state index >= 15 is 0 Å². The molecule has 0 spiro atoms. The van der Waals surface area contributed by atoms with Crippen molar-refractivity contribution in [3.63, 3.8) is 0 Å². The Morgan fingerprint density at radius 2 is 1.88 bits per heavy atom. The van der Waals surface area contributed by atoms with E-state index in [0.717, 1.165) is 22.3 Å². The second-order valence-electron chi connectivity index (χ2n) is 5.73. The van der Waals surface area contributed by atoms with Crippen molar-refractivity contribution >= 4 is 5.97 Å². The Balaban J connectivity index is 0.00000288. The summed E-state index contributed by atoms with van der Waals surface area (Å²) >= 11 is 0. The maximum atomic E-state index is 14.4. The normalized spacial score (nSPS) is 9.80. The van der Waals surface area contributed by atoms with Crippen LogP contribution in [0.1, 0.15) is 35.6 Å². The van der Waals surface area contributed by atoms with Gasteiger partial charge in [0.05, 0.1) is 6.61 Å². The van der Waals surface area contributed by atoms with Crippen molar-refractivity contribution in [1.29, 1.82) is 0 Å². The summed E-state index contributed by atoms with van der Waals surface area (Å²) in [6, 6.07) is 10.8. The minimum absolute atomic E-state index is 0. The fraction of sp³-hybridized carbons (Fsp3) is 0.333. The standard InChI is InChI=1S/C20H22FO2.CH3.U/c1-5-23-18(22)10-9-16-12-17(11-15(4)20(16)21)19-13(2)7-6-8-14(19)3;;/h6-7,11-12H,5,9-10H2,1-4H3;1H3;/q2*-1;+2. The summed E-state index contributed by atoms with van der Waals surface area (Å²) in [4.78, 5) is 11.5. The predicted molar refractivity (Wildman–Crippen MR) is 96.3 cm³/mol. The molecule has 4 heteroatoms. The average molecular weight is 566 g/mol. The topological polar surface area (TPSA) is 26.3 Å². The molecular formula is C21H25FO2U. The zero-order chi connectivity index (χ0) is 17.0. The summed E-state index contributed by atoms with van der Waals surface area (Å²) < 4.78 is 19.3. The molecule has 0 saturated carbocycles. The van der Waals surface area contributed by atoms with Crippen LogP contribution in [0.25, 0.3) is 11.1 Å². The molecule has 0 aliphatic rings. The SMILES string of the molecule is CCOC(=O)CCc1cc(-c2c(C)[c-]ccc2C)cc(C)c1F.[CH3-].[U+2]. The van der Waals surface area contributed by atoms with Gasteiger partial charge in [-0.2, -0.15) is 29.3 Å². The molecule has 132 valence electrons. The van der Waals surface area contributed by atoms with Crippen LogP contribution in [0.2, 0.25) is 0 Å². The van der Waals surface area contributed by atoms with Gasteiger partial charge in [-0.05, 0) is 31.4 Å². The fourth-order valence-corrected chi connectivity index (χ4v) is 2.83. The van der Waals surface area contributed by atoms with Crippen LogP contribution in [0.15, 0.2) is 24.3 Å². The number of carbonyl (C=O) groups excluding carboxylic acids is 1. The molecule has 0 heterocycles. The number of hydrogen-bond acceptors (Lipinski definition) is 2. The quantitative estimate of drug-likeness (QED) is 0.369. The molecule has 0 amide bonds. The molecule has 0 N–H and O–H groups in total. The maximum absolute atomic E-state index is 14.4. The van der Waals surface area contributed by atoms with Crippen molar-refractivity contribution in [2.24, 2.45) is 0 Å². The van der Waals surface area contributed by atoms with Crippen LogP contribution in [0.5, 0.6) is 0 Å². The van der Waals surface area contributed by atoms with Crippen molar-refractivity contribution < 1.29 is 45.0 Å². The molecular weight excluding hydrogens is 541 g/mol. The third-order valence-electron chi connectivity index (χ3n) is 3.92. The van der Waals surface area contributed by atoms with E-state index in [9.17, 15) is 9.18 Å². The van der Waals surface area contributed by atoms with Gasteiger partial charge in [-0.25, -0.2) is 4.39 Å². The van der Waals surface area contributed by atoms with Crippen LogP contribution in [0, 0.1) is 71.2 Å². The Bertz CT molecular complexity index is 706. The number of carbonyl (C=O) groups is 1. The molecule has 0 aliphatic heterocycles. The van der Waals surface area contributed by atoms with Crippen molar-refractivity contribution in [3.05, 3.63) is 65.8 Å². The largest absolute Gasteiger partial charge is 2.00 e. The van der Waals surface area contributed by atoms with Gasteiger partial charge in [0.1, 0.15) is 5.82 Å². The van der Waals surface area contributed by atoms with Gasteiger partial charge in [0.2, 0.25) is 0 Å². The summed E-state index contributed by atoms with van der Waals surface area (Å²) in [7, 11) is 0. The molecule has 0 saturated heterocycles. The molecule has 0 bridgehead atoms. The van der Waals surface area contributed by atoms with Gasteiger partial charge in [0.15, 0.2) is 0 Å². The summed E-state index contributed by atoms with van der Waals surface area (Å²) in [5.74, 6) is -0.538. The first kappa shape index (κ1) is 23.9. The van der Waals surface area contributed by atoms with E-state index < -0.39 is 0 Å². The van der Waals surface area contributed by atoms with Crippen LogP contribution in [0.3, 0.4) is 0 Å². The monoisotopic (exact) mass is 566 g/mol.